The Kier molecular flexibility index (Phi) is 3.97. The highest BCUT2D eigenvalue weighted by atomic mass is 35.5. The van der Waals surface area contributed by atoms with Gasteiger partial charge in [-0.25, -0.2) is 4.98 Å². The summed E-state index contributed by atoms with van der Waals surface area (Å²) in [7, 11) is 0. The number of pyridine rings is 1. The Labute approximate surface area is 115 Å². The van der Waals surface area contributed by atoms with Gasteiger partial charge in [0.15, 0.2) is 0 Å². The Morgan fingerprint density at radius 2 is 2.21 bits per heavy atom. The molecule has 1 heterocycles. The summed E-state index contributed by atoms with van der Waals surface area (Å²) in [5, 5.41) is 11.9. The molecule has 0 spiro atoms. The number of rotatable bonds is 4. The van der Waals surface area contributed by atoms with E-state index in [2.05, 4.69) is 4.98 Å². The monoisotopic (exact) mass is 280 g/mol. The van der Waals surface area contributed by atoms with E-state index in [1.807, 2.05) is 13.8 Å². The number of nitrogens with zero attached hydrogens (tertiary/aromatic N) is 2. The first-order valence-corrected chi connectivity index (χ1v) is 6.20. The number of halogens is 1. The zero-order chi connectivity index (χ0) is 14.0. The van der Waals surface area contributed by atoms with Crippen molar-refractivity contribution in [1.82, 2.24) is 4.98 Å². The lowest BCUT2D eigenvalue weighted by atomic mass is 10.1. The summed E-state index contributed by atoms with van der Waals surface area (Å²) < 4.78 is 5.48. The summed E-state index contributed by atoms with van der Waals surface area (Å²) in [6.07, 6.45) is 1.61. The number of aromatic nitrogens is 1. The number of hydrogen-bond donors (Lipinski definition) is 0. The van der Waals surface area contributed by atoms with Crippen molar-refractivity contribution in [3.05, 3.63) is 45.1 Å². The number of fused-ring (bicyclic) bond motifs is 1. The van der Waals surface area contributed by atoms with Crippen LogP contribution < -0.4 is 0 Å². The van der Waals surface area contributed by atoms with Gasteiger partial charge in [-0.05, 0) is 13.8 Å². The largest absolute Gasteiger partial charge is 0.374 e. The molecule has 0 amide bonds. The lowest BCUT2D eigenvalue weighted by molar-refractivity contribution is -0.383. The minimum absolute atomic E-state index is 0.0456. The molecule has 0 bridgehead atoms. The number of nitro benzene ring substituents is 1. The first-order valence-electron chi connectivity index (χ1n) is 5.82. The second-order valence-electron chi connectivity index (χ2n) is 4.39. The molecule has 1 aromatic heterocycles. The van der Waals surface area contributed by atoms with Crippen molar-refractivity contribution in [1.29, 1.82) is 0 Å². The highest BCUT2D eigenvalue weighted by molar-refractivity contribution is 6.36. The summed E-state index contributed by atoms with van der Waals surface area (Å²) in [5.74, 6) is 0. The van der Waals surface area contributed by atoms with Gasteiger partial charge in [-0.2, -0.15) is 0 Å². The highest BCUT2D eigenvalue weighted by Crippen LogP contribution is 2.31. The molecule has 0 radical (unpaired) electrons. The third-order valence-corrected chi connectivity index (χ3v) is 3.10. The van der Waals surface area contributed by atoms with Crippen molar-refractivity contribution < 1.29 is 9.66 Å². The molecule has 0 aliphatic rings. The van der Waals surface area contributed by atoms with Gasteiger partial charge in [-0.3, -0.25) is 10.1 Å². The predicted molar refractivity (Wildman–Crippen MR) is 73.3 cm³/mol. The maximum atomic E-state index is 10.9. The molecular weight excluding hydrogens is 268 g/mol. The minimum Gasteiger partial charge on any atom is -0.374 e. The van der Waals surface area contributed by atoms with Crippen molar-refractivity contribution in [3.63, 3.8) is 0 Å². The Hall–Kier alpha value is -1.72. The quantitative estimate of drug-likeness (QED) is 0.632. The van der Waals surface area contributed by atoms with Gasteiger partial charge in [-0.1, -0.05) is 23.7 Å². The average molecular weight is 281 g/mol. The SMILES string of the molecule is CC(C)OCc1cnc2c([N+](=O)[O-])cccc2c1Cl. The Bertz CT molecular complexity index is 629. The van der Waals surface area contributed by atoms with E-state index in [1.54, 1.807) is 12.1 Å². The van der Waals surface area contributed by atoms with E-state index in [4.69, 9.17) is 16.3 Å². The van der Waals surface area contributed by atoms with Gasteiger partial charge >= 0.3 is 0 Å². The lowest BCUT2D eigenvalue weighted by Gasteiger charge is -2.10. The van der Waals surface area contributed by atoms with E-state index >= 15 is 0 Å². The number of nitro groups is 1. The van der Waals surface area contributed by atoms with Crippen molar-refractivity contribution in [2.75, 3.05) is 0 Å². The molecule has 100 valence electrons. The van der Waals surface area contributed by atoms with E-state index in [1.165, 1.54) is 12.3 Å². The summed E-state index contributed by atoms with van der Waals surface area (Å²) >= 11 is 6.26. The molecule has 19 heavy (non-hydrogen) atoms. The molecule has 0 aliphatic heterocycles. The summed E-state index contributed by atoms with van der Waals surface area (Å²) in [5.41, 5.74) is 0.977. The average Bonchev–Trinajstić information content (AvgIpc) is 2.37. The second kappa shape index (κ2) is 5.50. The molecule has 0 unspecified atom stereocenters. The van der Waals surface area contributed by atoms with E-state index in [0.717, 1.165) is 5.56 Å². The molecule has 0 saturated carbocycles. The van der Waals surface area contributed by atoms with Crippen LogP contribution in [0.2, 0.25) is 5.02 Å². The number of benzene rings is 1. The van der Waals surface area contributed by atoms with Crippen LogP contribution in [0, 0.1) is 10.1 Å². The predicted octanol–water partition coefficient (Wildman–Crippen LogP) is 3.72. The molecule has 0 fully saturated rings. The molecule has 0 aliphatic carbocycles. The summed E-state index contributed by atoms with van der Waals surface area (Å²) in [6.45, 7) is 4.18. The van der Waals surface area contributed by atoms with Crippen molar-refractivity contribution in [2.24, 2.45) is 0 Å². The zero-order valence-electron chi connectivity index (χ0n) is 10.6. The van der Waals surface area contributed by atoms with Crippen LogP contribution in [0.4, 0.5) is 5.69 Å². The Balaban J connectivity index is 2.50. The lowest BCUT2D eigenvalue weighted by Crippen LogP contribution is -2.03. The fraction of sp³-hybridized carbons (Fsp3) is 0.308. The summed E-state index contributed by atoms with van der Waals surface area (Å²) in [4.78, 5) is 14.6. The maximum absolute atomic E-state index is 10.9. The van der Waals surface area contributed by atoms with Crippen LogP contribution in [-0.2, 0) is 11.3 Å². The van der Waals surface area contributed by atoms with Crippen LogP contribution in [0.3, 0.4) is 0 Å². The van der Waals surface area contributed by atoms with E-state index in [-0.39, 0.29) is 11.8 Å². The van der Waals surface area contributed by atoms with Crippen molar-refractivity contribution in [2.45, 2.75) is 26.6 Å². The first kappa shape index (κ1) is 13.7. The standard InChI is InChI=1S/C13H13ClN2O3/c1-8(2)19-7-9-6-15-13-10(12(9)14)4-3-5-11(13)16(17)18/h3-6,8H,7H2,1-2H3. The normalized spacial score (nSPS) is 11.2. The van der Waals surface area contributed by atoms with Crippen LogP contribution in [0.15, 0.2) is 24.4 Å². The van der Waals surface area contributed by atoms with E-state index in [0.29, 0.717) is 22.5 Å². The highest BCUT2D eigenvalue weighted by Gasteiger charge is 2.16. The molecule has 1 aromatic carbocycles. The zero-order valence-corrected chi connectivity index (χ0v) is 11.3. The van der Waals surface area contributed by atoms with Gasteiger partial charge in [0.1, 0.15) is 5.52 Å². The Morgan fingerprint density at radius 1 is 1.47 bits per heavy atom. The second-order valence-corrected chi connectivity index (χ2v) is 4.77. The van der Waals surface area contributed by atoms with Gasteiger partial charge in [-0.15, -0.1) is 0 Å². The molecule has 5 nitrogen and oxygen atoms in total. The van der Waals surface area contributed by atoms with Crippen LogP contribution in [0.25, 0.3) is 10.9 Å². The topological polar surface area (TPSA) is 65.3 Å². The first-order chi connectivity index (χ1) is 9.00. The van der Waals surface area contributed by atoms with Gasteiger partial charge in [0.25, 0.3) is 5.69 Å². The number of ether oxygens (including phenoxy) is 1. The smallest absolute Gasteiger partial charge is 0.295 e. The van der Waals surface area contributed by atoms with Crippen molar-refractivity contribution >= 4 is 28.2 Å². The third kappa shape index (κ3) is 2.83. The molecule has 0 N–H and O–H groups in total. The summed E-state index contributed by atoms with van der Waals surface area (Å²) in [6, 6.07) is 4.73. The fourth-order valence-electron chi connectivity index (χ4n) is 1.72. The van der Waals surface area contributed by atoms with Crippen LogP contribution in [0.5, 0.6) is 0 Å². The fourth-order valence-corrected chi connectivity index (χ4v) is 1.98. The maximum Gasteiger partial charge on any atom is 0.295 e. The van der Waals surface area contributed by atoms with Crippen LogP contribution >= 0.6 is 11.6 Å². The molecule has 0 saturated heterocycles. The van der Waals surface area contributed by atoms with Crippen LogP contribution in [-0.4, -0.2) is 16.0 Å². The van der Waals surface area contributed by atoms with Gasteiger partial charge < -0.3 is 4.74 Å². The number of para-hydroxylation sites is 1. The third-order valence-electron chi connectivity index (χ3n) is 2.65. The number of hydrogen-bond acceptors (Lipinski definition) is 4. The molecular formula is C13H13ClN2O3. The van der Waals surface area contributed by atoms with Gasteiger partial charge in [0.05, 0.1) is 22.7 Å². The van der Waals surface area contributed by atoms with Crippen molar-refractivity contribution in [3.8, 4) is 0 Å². The van der Waals surface area contributed by atoms with Crippen LogP contribution in [0.1, 0.15) is 19.4 Å². The number of non-ortho nitro benzene ring substituents is 1. The molecule has 2 aromatic rings. The molecule has 2 rings (SSSR count). The van der Waals surface area contributed by atoms with Gasteiger partial charge in [0.2, 0.25) is 0 Å². The minimum atomic E-state index is -0.462. The molecule has 6 heteroatoms. The molecule has 0 atom stereocenters. The van der Waals surface area contributed by atoms with E-state index < -0.39 is 4.92 Å². The van der Waals surface area contributed by atoms with Gasteiger partial charge in [0, 0.05) is 23.2 Å². The Morgan fingerprint density at radius 3 is 2.84 bits per heavy atom. The van der Waals surface area contributed by atoms with E-state index in [9.17, 15) is 10.1 Å².